The predicted octanol–water partition coefficient (Wildman–Crippen LogP) is 2.10. The molecule has 19 heavy (non-hydrogen) atoms. The number of halogens is 2. The molecule has 2 rings (SSSR count). The van der Waals surface area contributed by atoms with Gasteiger partial charge in [0.25, 0.3) is 0 Å². The fourth-order valence-corrected chi connectivity index (χ4v) is 2.56. The number of rotatable bonds is 4. The first-order valence-corrected chi connectivity index (χ1v) is 6.94. The van der Waals surface area contributed by atoms with Crippen molar-refractivity contribution in [2.45, 2.75) is 25.6 Å². The molecule has 0 aliphatic carbocycles. The highest BCUT2D eigenvalue weighted by atomic mass is 35.5. The summed E-state index contributed by atoms with van der Waals surface area (Å²) in [6.45, 7) is 5.14. The molecule has 1 heterocycles. The average molecular weight is 288 g/mol. The minimum absolute atomic E-state index is 0.174. The summed E-state index contributed by atoms with van der Waals surface area (Å²) >= 11 is 5.97. The smallest absolute Gasteiger partial charge is 0.127 e. The maximum Gasteiger partial charge on any atom is 0.127 e. The molecule has 0 bridgehead atoms. The molecule has 1 saturated heterocycles. The van der Waals surface area contributed by atoms with Crippen molar-refractivity contribution in [1.29, 1.82) is 0 Å². The first kappa shape index (κ1) is 14.7. The maximum atomic E-state index is 13.7. The fraction of sp³-hybridized carbons (Fsp3) is 0.571. The molecule has 2 unspecified atom stereocenters. The van der Waals surface area contributed by atoms with Gasteiger partial charge >= 0.3 is 0 Å². The summed E-state index contributed by atoms with van der Waals surface area (Å²) in [7, 11) is 0. The third kappa shape index (κ3) is 3.66. The average Bonchev–Trinajstić information content (AvgIpc) is 2.43. The molecular weight excluding hydrogens is 269 g/mol. The van der Waals surface area contributed by atoms with Gasteiger partial charge in [0.2, 0.25) is 0 Å². The number of hydrogen-bond donors (Lipinski definition) is 1. The van der Waals surface area contributed by atoms with Crippen molar-refractivity contribution in [1.82, 2.24) is 4.90 Å². The first-order valence-electron chi connectivity index (χ1n) is 6.56. The summed E-state index contributed by atoms with van der Waals surface area (Å²) in [5.74, 6) is -0.380. The van der Waals surface area contributed by atoms with Crippen LogP contribution in [0.5, 0.6) is 0 Å². The van der Waals surface area contributed by atoms with E-state index in [1.165, 1.54) is 6.07 Å². The molecule has 0 amide bonds. The van der Waals surface area contributed by atoms with Crippen molar-refractivity contribution in [2.75, 3.05) is 26.2 Å². The molecule has 1 aromatic rings. The van der Waals surface area contributed by atoms with Gasteiger partial charge in [-0.25, -0.2) is 4.39 Å². The molecule has 0 aromatic heterocycles. The number of ether oxygens (including phenoxy) is 1. The van der Waals surface area contributed by atoms with Gasteiger partial charge in [0.1, 0.15) is 5.82 Å². The number of aliphatic hydroxyl groups is 1. The second-order valence-corrected chi connectivity index (χ2v) is 5.18. The van der Waals surface area contributed by atoms with Gasteiger partial charge in [-0.3, -0.25) is 4.90 Å². The molecule has 0 radical (unpaired) electrons. The second-order valence-electron chi connectivity index (χ2n) is 4.77. The summed E-state index contributed by atoms with van der Waals surface area (Å²) < 4.78 is 19.2. The van der Waals surface area contributed by atoms with Crippen LogP contribution in [0.15, 0.2) is 18.2 Å². The van der Waals surface area contributed by atoms with E-state index in [9.17, 15) is 9.50 Å². The summed E-state index contributed by atoms with van der Waals surface area (Å²) in [6, 6.07) is 4.55. The second kappa shape index (κ2) is 6.66. The molecule has 0 saturated carbocycles. The molecule has 3 nitrogen and oxygen atoms in total. The molecule has 1 aliphatic heterocycles. The molecule has 1 fully saturated rings. The van der Waals surface area contributed by atoms with E-state index in [2.05, 4.69) is 11.8 Å². The Hall–Kier alpha value is -0.680. The third-order valence-corrected chi connectivity index (χ3v) is 3.88. The Kier molecular flexibility index (Phi) is 5.16. The lowest BCUT2D eigenvalue weighted by molar-refractivity contribution is -0.0869. The highest BCUT2D eigenvalue weighted by molar-refractivity contribution is 6.31. The van der Waals surface area contributed by atoms with Gasteiger partial charge in [0.15, 0.2) is 0 Å². The zero-order chi connectivity index (χ0) is 13.8. The van der Waals surface area contributed by atoms with Crippen LogP contribution in [0.3, 0.4) is 0 Å². The van der Waals surface area contributed by atoms with E-state index in [1.807, 2.05) is 0 Å². The lowest BCUT2D eigenvalue weighted by Gasteiger charge is -2.34. The molecule has 1 N–H and O–H groups in total. The first-order chi connectivity index (χ1) is 9.11. The van der Waals surface area contributed by atoms with E-state index in [1.54, 1.807) is 12.1 Å². The van der Waals surface area contributed by atoms with Gasteiger partial charge in [-0.15, -0.1) is 0 Å². The molecule has 2 atom stereocenters. The van der Waals surface area contributed by atoms with Gasteiger partial charge in [0.05, 0.1) is 18.8 Å². The Morgan fingerprint density at radius 1 is 1.58 bits per heavy atom. The summed E-state index contributed by atoms with van der Waals surface area (Å²) in [6.07, 6.45) is -0.860. The zero-order valence-corrected chi connectivity index (χ0v) is 11.7. The predicted molar refractivity (Wildman–Crippen MR) is 73.0 cm³/mol. The highest BCUT2D eigenvalue weighted by Gasteiger charge is 2.27. The molecule has 0 spiro atoms. The van der Waals surface area contributed by atoms with Crippen molar-refractivity contribution >= 4 is 11.6 Å². The van der Waals surface area contributed by atoms with Crippen molar-refractivity contribution in [3.63, 3.8) is 0 Å². The zero-order valence-electron chi connectivity index (χ0n) is 11.0. The van der Waals surface area contributed by atoms with Gasteiger partial charge < -0.3 is 9.84 Å². The Morgan fingerprint density at radius 3 is 3.05 bits per heavy atom. The maximum absolute atomic E-state index is 13.7. The highest BCUT2D eigenvalue weighted by Crippen LogP contribution is 2.22. The number of aliphatic hydroxyl groups excluding tert-OH is 1. The fourth-order valence-electron chi connectivity index (χ4n) is 2.32. The molecule has 106 valence electrons. The standard InChI is InChI=1S/C14H19ClFNO2/c1-2-17-6-7-19-14(9-17)13(18)8-10-11(15)4-3-5-12(10)16/h3-5,13-14,18H,2,6-9H2,1H3. The van der Waals surface area contributed by atoms with Gasteiger partial charge in [-0.05, 0) is 18.7 Å². The van der Waals surface area contributed by atoms with E-state index in [0.29, 0.717) is 23.7 Å². The minimum Gasteiger partial charge on any atom is -0.390 e. The summed E-state index contributed by atoms with van der Waals surface area (Å²) in [5, 5.41) is 10.6. The van der Waals surface area contributed by atoms with E-state index in [-0.39, 0.29) is 18.3 Å². The van der Waals surface area contributed by atoms with Crippen molar-refractivity contribution in [3.05, 3.63) is 34.6 Å². The normalized spacial score (nSPS) is 22.4. The van der Waals surface area contributed by atoms with E-state index < -0.39 is 6.10 Å². The van der Waals surface area contributed by atoms with Crippen molar-refractivity contribution < 1.29 is 14.2 Å². The number of benzene rings is 1. The van der Waals surface area contributed by atoms with Crippen LogP contribution < -0.4 is 0 Å². The van der Waals surface area contributed by atoms with Crippen LogP contribution in [-0.2, 0) is 11.2 Å². The SMILES string of the molecule is CCN1CCOC(C(O)Cc2c(F)cccc2Cl)C1. The lowest BCUT2D eigenvalue weighted by atomic mass is 10.0. The molecule has 1 aromatic carbocycles. The van der Waals surface area contributed by atoms with Crippen LogP contribution in [0.1, 0.15) is 12.5 Å². The Bertz CT molecular complexity index is 410. The van der Waals surface area contributed by atoms with Crippen LogP contribution >= 0.6 is 11.6 Å². The number of likely N-dealkylation sites (N-methyl/N-ethyl adjacent to an activating group) is 1. The summed E-state index contributed by atoms with van der Waals surface area (Å²) in [5.41, 5.74) is 0.355. The van der Waals surface area contributed by atoms with Gasteiger partial charge in [-0.1, -0.05) is 24.6 Å². The van der Waals surface area contributed by atoms with Gasteiger partial charge in [-0.2, -0.15) is 0 Å². The third-order valence-electron chi connectivity index (χ3n) is 3.53. The van der Waals surface area contributed by atoms with Crippen LogP contribution in [0.2, 0.25) is 5.02 Å². The quantitative estimate of drug-likeness (QED) is 0.921. The van der Waals surface area contributed by atoms with Crippen molar-refractivity contribution in [3.8, 4) is 0 Å². The van der Waals surface area contributed by atoms with Gasteiger partial charge in [0, 0.05) is 30.1 Å². The monoisotopic (exact) mass is 287 g/mol. The molecule has 1 aliphatic rings. The minimum atomic E-state index is -0.747. The number of nitrogens with zero attached hydrogens (tertiary/aromatic N) is 1. The Morgan fingerprint density at radius 2 is 2.37 bits per heavy atom. The summed E-state index contributed by atoms with van der Waals surface area (Å²) in [4.78, 5) is 2.21. The number of morpholine rings is 1. The Balaban J connectivity index is 2.02. The largest absolute Gasteiger partial charge is 0.390 e. The van der Waals surface area contributed by atoms with Crippen LogP contribution in [0.4, 0.5) is 4.39 Å². The van der Waals surface area contributed by atoms with E-state index >= 15 is 0 Å². The number of hydrogen-bond acceptors (Lipinski definition) is 3. The van der Waals surface area contributed by atoms with Crippen molar-refractivity contribution in [2.24, 2.45) is 0 Å². The molecular formula is C14H19ClFNO2. The molecule has 5 heteroatoms. The van der Waals surface area contributed by atoms with Crippen LogP contribution in [0, 0.1) is 5.82 Å². The topological polar surface area (TPSA) is 32.7 Å². The Labute approximate surface area is 117 Å². The van der Waals surface area contributed by atoms with E-state index in [0.717, 1.165) is 13.1 Å². The van der Waals surface area contributed by atoms with Crippen LogP contribution in [0.25, 0.3) is 0 Å². The van der Waals surface area contributed by atoms with Crippen LogP contribution in [-0.4, -0.2) is 48.5 Å². The van der Waals surface area contributed by atoms with E-state index in [4.69, 9.17) is 16.3 Å². The lowest BCUT2D eigenvalue weighted by Crippen LogP contribution is -2.48.